The van der Waals surface area contributed by atoms with Gasteiger partial charge in [-0.3, -0.25) is 0 Å². The molecule has 0 aliphatic carbocycles. The van der Waals surface area contributed by atoms with E-state index in [-0.39, 0.29) is 5.56 Å². The number of fused-ring (bicyclic) bond motifs is 3. The third-order valence-corrected chi connectivity index (χ3v) is 4.74. The average Bonchev–Trinajstić information content (AvgIpc) is 3.22. The molecule has 0 spiro atoms. The third kappa shape index (κ3) is 2.64. The lowest BCUT2D eigenvalue weighted by Crippen LogP contribution is -2.14. The van der Waals surface area contributed by atoms with Crippen LogP contribution in [0, 0.1) is 17.1 Å². The molecule has 0 saturated heterocycles. The van der Waals surface area contributed by atoms with Gasteiger partial charge in [-0.05, 0) is 31.3 Å². The second-order valence-electron chi connectivity index (χ2n) is 6.89. The van der Waals surface area contributed by atoms with Crippen LogP contribution in [0.15, 0.2) is 43.2 Å². The average molecular weight is 372 g/mol. The van der Waals surface area contributed by atoms with E-state index < -0.39 is 5.82 Å². The van der Waals surface area contributed by atoms with Gasteiger partial charge in [-0.1, -0.05) is 6.08 Å². The molecule has 0 N–H and O–H groups in total. The summed E-state index contributed by atoms with van der Waals surface area (Å²) in [6, 6.07) is 8.34. The zero-order valence-electron chi connectivity index (χ0n) is 15.9. The number of hydrogen-bond donors (Lipinski definition) is 0. The Hall–Kier alpha value is -3.60. The fourth-order valence-electron chi connectivity index (χ4n) is 3.57. The van der Waals surface area contributed by atoms with Gasteiger partial charge in [-0.25, -0.2) is 14.4 Å². The molecule has 4 rings (SSSR count). The molecule has 0 aliphatic rings. The maximum Gasteiger partial charge on any atom is 0.219 e. The minimum absolute atomic E-state index is 0.276. The van der Waals surface area contributed by atoms with Crippen LogP contribution in [-0.2, 0) is 13.6 Å². The molecule has 138 valence electrons. The van der Waals surface area contributed by atoms with E-state index in [1.807, 2.05) is 48.2 Å². The fourth-order valence-corrected chi connectivity index (χ4v) is 3.57. The number of nitrogens with zero attached hydrogens (tertiary/aromatic N) is 6. The Labute approximate surface area is 162 Å². The minimum atomic E-state index is -0.447. The van der Waals surface area contributed by atoms with Crippen molar-refractivity contribution in [2.45, 2.75) is 6.54 Å². The summed E-state index contributed by atoms with van der Waals surface area (Å²) in [7, 11) is 5.79. The number of halogens is 1. The number of allylic oxidation sites excluding steroid dienone is 1. The molecule has 8 heteroatoms. The lowest BCUT2D eigenvalue weighted by Gasteiger charge is -2.14. The van der Waals surface area contributed by atoms with Crippen LogP contribution in [0.3, 0.4) is 0 Å². The quantitative estimate of drug-likeness (QED) is 0.408. The second-order valence-corrected chi connectivity index (χ2v) is 6.89. The van der Waals surface area contributed by atoms with Crippen molar-refractivity contribution in [2.75, 3.05) is 11.9 Å². The Morgan fingerprint density at radius 3 is 2.82 bits per heavy atom. The van der Waals surface area contributed by atoms with Crippen molar-refractivity contribution >= 4 is 35.9 Å². The van der Waals surface area contributed by atoms with Crippen LogP contribution in [0.1, 0.15) is 5.56 Å². The SMILES string of the molecule is BN(C)c1nc2c(cc(-c3cc(F)cc(C#N)c3)n2CC=C)c2c1ncn2C. The summed E-state index contributed by atoms with van der Waals surface area (Å²) in [6.45, 7) is 4.35. The summed E-state index contributed by atoms with van der Waals surface area (Å²) in [6.07, 6.45) is 3.54. The van der Waals surface area contributed by atoms with Gasteiger partial charge in [0.1, 0.15) is 22.8 Å². The van der Waals surface area contributed by atoms with Crippen molar-refractivity contribution in [1.29, 1.82) is 5.26 Å². The predicted octanol–water partition coefficient (Wildman–Crippen LogP) is 2.77. The van der Waals surface area contributed by atoms with Crippen molar-refractivity contribution in [3.8, 4) is 17.3 Å². The lowest BCUT2D eigenvalue weighted by molar-refractivity contribution is 0.627. The monoisotopic (exact) mass is 372 g/mol. The summed E-state index contributed by atoms with van der Waals surface area (Å²) < 4.78 is 18.0. The highest BCUT2D eigenvalue weighted by atomic mass is 19.1. The number of anilines is 1. The van der Waals surface area contributed by atoms with Crippen LogP contribution in [-0.4, -0.2) is 34.1 Å². The molecule has 1 aromatic carbocycles. The highest BCUT2D eigenvalue weighted by Crippen LogP contribution is 2.35. The Morgan fingerprint density at radius 2 is 2.14 bits per heavy atom. The molecular formula is C20H18BFN6. The molecule has 0 fully saturated rings. The van der Waals surface area contributed by atoms with Crippen molar-refractivity contribution in [3.05, 3.63) is 54.6 Å². The third-order valence-electron chi connectivity index (χ3n) is 4.74. The minimum Gasteiger partial charge on any atom is -0.408 e. The van der Waals surface area contributed by atoms with E-state index in [1.165, 1.54) is 12.1 Å². The normalized spacial score (nSPS) is 11.1. The maximum absolute atomic E-state index is 14.1. The number of hydrogen-bond acceptors (Lipinski definition) is 4. The van der Waals surface area contributed by atoms with Gasteiger partial charge >= 0.3 is 0 Å². The van der Waals surface area contributed by atoms with E-state index in [0.717, 1.165) is 33.6 Å². The van der Waals surface area contributed by atoms with Crippen LogP contribution in [0.4, 0.5) is 10.2 Å². The van der Waals surface area contributed by atoms with Gasteiger partial charge in [0.15, 0.2) is 0 Å². The first-order valence-corrected chi connectivity index (χ1v) is 8.78. The number of nitriles is 1. The van der Waals surface area contributed by atoms with Crippen molar-refractivity contribution < 1.29 is 4.39 Å². The smallest absolute Gasteiger partial charge is 0.219 e. The van der Waals surface area contributed by atoms with Crippen molar-refractivity contribution in [1.82, 2.24) is 19.1 Å². The number of pyridine rings is 1. The van der Waals surface area contributed by atoms with Crippen molar-refractivity contribution in [2.24, 2.45) is 7.05 Å². The lowest BCUT2D eigenvalue weighted by atomic mass is 10.1. The zero-order chi connectivity index (χ0) is 20.0. The van der Waals surface area contributed by atoms with E-state index in [4.69, 9.17) is 4.98 Å². The Balaban J connectivity index is 2.14. The number of benzene rings is 1. The van der Waals surface area contributed by atoms with Gasteiger partial charge in [0, 0.05) is 24.5 Å². The second kappa shape index (κ2) is 6.53. The Morgan fingerprint density at radius 1 is 1.36 bits per heavy atom. The molecule has 3 aromatic heterocycles. The highest BCUT2D eigenvalue weighted by molar-refractivity contribution is 6.20. The molecule has 4 aromatic rings. The highest BCUT2D eigenvalue weighted by Gasteiger charge is 2.20. The van der Waals surface area contributed by atoms with Crippen LogP contribution < -0.4 is 4.81 Å². The van der Waals surface area contributed by atoms with E-state index in [0.29, 0.717) is 12.1 Å². The first-order chi connectivity index (χ1) is 13.4. The standard InChI is InChI=1S/C20H18BFN6/c1-4-5-28-16(13-6-12(10-23)7-14(22)8-13)9-15-18-17(24-11-26(18)2)20(27(3)21)25-19(15)28/h4,6-9,11H,1,5,21H2,2-3H3. The van der Waals surface area contributed by atoms with Gasteiger partial charge in [-0.15, -0.1) is 6.58 Å². The molecular weight excluding hydrogens is 354 g/mol. The molecule has 0 amide bonds. The number of aromatic nitrogens is 4. The summed E-state index contributed by atoms with van der Waals surface area (Å²) in [5.41, 5.74) is 4.19. The Kier molecular flexibility index (Phi) is 4.15. The fraction of sp³-hybridized carbons (Fsp3) is 0.150. The Bertz CT molecular complexity index is 1280. The molecule has 3 heterocycles. The topological polar surface area (TPSA) is 62.7 Å². The van der Waals surface area contributed by atoms with Crippen LogP contribution in [0.5, 0.6) is 0 Å². The van der Waals surface area contributed by atoms with Gasteiger partial charge < -0.3 is 13.9 Å². The summed E-state index contributed by atoms with van der Waals surface area (Å²) in [5, 5.41) is 10.1. The molecule has 0 radical (unpaired) electrons. The summed E-state index contributed by atoms with van der Waals surface area (Å²) in [4.78, 5) is 11.3. The van der Waals surface area contributed by atoms with Crippen LogP contribution in [0.25, 0.3) is 33.3 Å². The van der Waals surface area contributed by atoms with E-state index in [2.05, 4.69) is 11.6 Å². The predicted molar refractivity (Wildman–Crippen MR) is 111 cm³/mol. The maximum atomic E-state index is 14.1. The first-order valence-electron chi connectivity index (χ1n) is 8.78. The molecule has 0 saturated carbocycles. The van der Waals surface area contributed by atoms with Gasteiger partial charge in [-0.2, -0.15) is 5.26 Å². The van der Waals surface area contributed by atoms with Gasteiger partial charge in [0.2, 0.25) is 7.98 Å². The van der Waals surface area contributed by atoms with Crippen LogP contribution in [0.2, 0.25) is 0 Å². The van der Waals surface area contributed by atoms with Crippen molar-refractivity contribution in [3.63, 3.8) is 0 Å². The van der Waals surface area contributed by atoms with E-state index in [1.54, 1.807) is 18.5 Å². The molecule has 0 aliphatic heterocycles. The number of imidazole rings is 1. The zero-order valence-corrected chi connectivity index (χ0v) is 15.9. The van der Waals surface area contributed by atoms with E-state index >= 15 is 0 Å². The largest absolute Gasteiger partial charge is 0.408 e. The van der Waals surface area contributed by atoms with E-state index in [9.17, 15) is 9.65 Å². The molecule has 28 heavy (non-hydrogen) atoms. The number of rotatable bonds is 4. The molecule has 0 atom stereocenters. The van der Waals surface area contributed by atoms with Gasteiger partial charge in [0.25, 0.3) is 0 Å². The summed E-state index contributed by atoms with van der Waals surface area (Å²) in [5.74, 6) is 0.312. The number of aryl methyl sites for hydroxylation is 1. The molecule has 0 bridgehead atoms. The summed E-state index contributed by atoms with van der Waals surface area (Å²) >= 11 is 0. The first kappa shape index (κ1) is 17.8. The molecule has 6 nitrogen and oxygen atoms in total. The van der Waals surface area contributed by atoms with Crippen LogP contribution >= 0.6 is 0 Å². The van der Waals surface area contributed by atoms with Gasteiger partial charge in [0.05, 0.1) is 29.2 Å². The molecule has 0 unspecified atom stereocenters.